The predicted octanol–water partition coefficient (Wildman–Crippen LogP) is 1.63. The summed E-state index contributed by atoms with van der Waals surface area (Å²) in [7, 11) is 0. The second-order valence-electron chi connectivity index (χ2n) is 6.98. The lowest BCUT2D eigenvalue weighted by atomic mass is 10.1. The van der Waals surface area contributed by atoms with E-state index < -0.39 is 0 Å². The van der Waals surface area contributed by atoms with Gasteiger partial charge >= 0.3 is 5.97 Å². The summed E-state index contributed by atoms with van der Waals surface area (Å²) in [6.07, 6.45) is 2.86. The van der Waals surface area contributed by atoms with Gasteiger partial charge in [0, 0.05) is 25.6 Å². The normalized spacial score (nSPS) is 19.5. The van der Waals surface area contributed by atoms with Crippen LogP contribution in [-0.2, 0) is 25.5 Å². The van der Waals surface area contributed by atoms with Gasteiger partial charge < -0.3 is 14.5 Å². The van der Waals surface area contributed by atoms with Gasteiger partial charge in [0.25, 0.3) is 0 Å². The number of hydrogen-bond donors (Lipinski definition) is 0. The molecule has 1 aromatic rings. The van der Waals surface area contributed by atoms with Crippen LogP contribution >= 0.6 is 0 Å². The summed E-state index contributed by atoms with van der Waals surface area (Å²) >= 11 is 0. The number of rotatable bonds is 8. The first-order chi connectivity index (χ1) is 12.6. The van der Waals surface area contributed by atoms with E-state index in [0.29, 0.717) is 19.7 Å². The number of esters is 1. The van der Waals surface area contributed by atoms with Crippen LogP contribution in [0.15, 0.2) is 30.3 Å². The van der Waals surface area contributed by atoms with E-state index in [1.165, 1.54) is 5.56 Å². The van der Waals surface area contributed by atoms with E-state index in [-0.39, 0.29) is 42.7 Å². The molecule has 140 valence electrons. The third-order valence-corrected chi connectivity index (χ3v) is 4.95. The average molecular weight is 358 g/mol. The Morgan fingerprint density at radius 2 is 1.96 bits per heavy atom. The highest BCUT2D eigenvalue weighted by Gasteiger charge is 2.41. The van der Waals surface area contributed by atoms with Crippen molar-refractivity contribution < 1.29 is 19.1 Å². The maximum Gasteiger partial charge on any atom is 0.325 e. The van der Waals surface area contributed by atoms with Crippen LogP contribution in [0.25, 0.3) is 0 Å². The van der Waals surface area contributed by atoms with Crippen LogP contribution in [0.4, 0.5) is 0 Å². The lowest BCUT2D eigenvalue weighted by Gasteiger charge is -2.24. The van der Waals surface area contributed by atoms with Crippen molar-refractivity contribution in [2.75, 3.05) is 26.2 Å². The fourth-order valence-electron chi connectivity index (χ4n) is 3.42. The lowest BCUT2D eigenvalue weighted by Crippen LogP contribution is -2.42. The lowest BCUT2D eigenvalue weighted by molar-refractivity contribution is -0.150. The van der Waals surface area contributed by atoms with Crippen LogP contribution in [0.2, 0.25) is 0 Å². The van der Waals surface area contributed by atoms with Crippen LogP contribution in [0, 0.1) is 5.92 Å². The minimum Gasteiger partial charge on any atom is -0.465 e. The highest BCUT2D eigenvalue weighted by atomic mass is 16.5. The molecule has 0 radical (unpaired) electrons. The van der Waals surface area contributed by atoms with Crippen molar-refractivity contribution in [1.29, 1.82) is 0 Å². The standard InChI is InChI=1S/C20H26N2O4/c1-2-26-19(24)14-22(17-8-9-17)20(25)16-12-18(23)21(13-16)11-10-15-6-4-3-5-7-15/h3-7,16-17H,2,8-14H2,1H3. The molecule has 0 N–H and O–H groups in total. The van der Waals surface area contributed by atoms with Gasteiger partial charge in [-0.05, 0) is 31.7 Å². The molecular weight excluding hydrogens is 332 g/mol. The molecular formula is C20H26N2O4. The maximum atomic E-state index is 12.9. The molecule has 1 aromatic carbocycles. The number of ether oxygens (including phenoxy) is 1. The van der Waals surface area contributed by atoms with Crippen molar-refractivity contribution in [1.82, 2.24) is 9.80 Å². The third-order valence-electron chi connectivity index (χ3n) is 4.95. The summed E-state index contributed by atoms with van der Waals surface area (Å²) in [4.78, 5) is 40.4. The van der Waals surface area contributed by atoms with E-state index in [1.807, 2.05) is 30.3 Å². The van der Waals surface area contributed by atoms with E-state index in [0.717, 1.165) is 19.3 Å². The number of carbonyl (C=O) groups is 3. The van der Waals surface area contributed by atoms with E-state index in [1.54, 1.807) is 16.7 Å². The topological polar surface area (TPSA) is 66.9 Å². The number of amides is 2. The second-order valence-corrected chi connectivity index (χ2v) is 6.98. The van der Waals surface area contributed by atoms with Crippen LogP contribution in [0.1, 0.15) is 31.7 Å². The second kappa shape index (κ2) is 8.34. The van der Waals surface area contributed by atoms with Gasteiger partial charge in [-0.3, -0.25) is 14.4 Å². The molecule has 2 aliphatic rings. The average Bonchev–Trinajstić information content (AvgIpc) is 3.41. The smallest absolute Gasteiger partial charge is 0.325 e. The zero-order valence-electron chi connectivity index (χ0n) is 15.2. The molecule has 1 aliphatic heterocycles. The summed E-state index contributed by atoms with van der Waals surface area (Å²) in [5.74, 6) is -0.798. The van der Waals surface area contributed by atoms with Gasteiger partial charge in [-0.2, -0.15) is 0 Å². The molecule has 26 heavy (non-hydrogen) atoms. The first-order valence-corrected chi connectivity index (χ1v) is 9.36. The largest absolute Gasteiger partial charge is 0.465 e. The monoisotopic (exact) mass is 358 g/mol. The third kappa shape index (κ3) is 4.62. The van der Waals surface area contributed by atoms with Crippen molar-refractivity contribution in [3.8, 4) is 0 Å². The van der Waals surface area contributed by atoms with Crippen LogP contribution < -0.4 is 0 Å². The molecule has 2 amide bonds. The Balaban J connectivity index is 1.56. The molecule has 1 saturated heterocycles. The van der Waals surface area contributed by atoms with Crippen LogP contribution in [0.3, 0.4) is 0 Å². The van der Waals surface area contributed by atoms with Gasteiger partial charge in [0.2, 0.25) is 11.8 Å². The Labute approximate surface area is 154 Å². The number of nitrogens with zero attached hydrogens (tertiary/aromatic N) is 2. The summed E-state index contributed by atoms with van der Waals surface area (Å²) in [5, 5.41) is 0. The molecule has 2 fully saturated rings. The van der Waals surface area contributed by atoms with Gasteiger partial charge in [0.05, 0.1) is 12.5 Å². The fraction of sp³-hybridized carbons (Fsp3) is 0.550. The molecule has 1 heterocycles. The number of benzene rings is 1. The SMILES string of the molecule is CCOC(=O)CN(C(=O)C1CC(=O)N(CCc2ccccc2)C1)C1CC1. The molecule has 0 spiro atoms. The highest BCUT2D eigenvalue weighted by Crippen LogP contribution is 2.30. The van der Waals surface area contributed by atoms with Gasteiger partial charge in [-0.15, -0.1) is 0 Å². The van der Waals surface area contributed by atoms with Crippen LogP contribution in [-0.4, -0.2) is 59.9 Å². The Kier molecular flexibility index (Phi) is 5.91. The number of carbonyl (C=O) groups excluding carboxylic acids is 3. The van der Waals surface area contributed by atoms with E-state index in [4.69, 9.17) is 4.74 Å². The summed E-state index contributed by atoms with van der Waals surface area (Å²) < 4.78 is 4.98. The molecule has 1 saturated carbocycles. The molecule has 1 atom stereocenters. The maximum absolute atomic E-state index is 12.9. The molecule has 1 aliphatic carbocycles. The van der Waals surface area contributed by atoms with Crippen molar-refractivity contribution in [2.45, 2.75) is 38.6 Å². The van der Waals surface area contributed by atoms with Gasteiger partial charge in [-0.25, -0.2) is 0 Å². The minimum absolute atomic E-state index is 0.00789. The van der Waals surface area contributed by atoms with Crippen molar-refractivity contribution >= 4 is 17.8 Å². The number of likely N-dealkylation sites (tertiary alicyclic amines) is 1. The minimum atomic E-state index is -0.377. The molecule has 6 heteroatoms. The number of hydrogen-bond acceptors (Lipinski definition) is 4. The Hall–Kier alpha value is -2.37. The van der Waals surface area contributed by atoms with Gasteiger partial charge in [0.15, 0.2) is 0 Å². The fourth-order valence-corrected chi connectivity index (χ4v) is 3.42. The molecule has 0 aromatic heterocycles. The van der Waals surface area contributed by atoms with E-state index >= 15 is 0 Å². The molecule has 0 bridgehead atoms. The summed E-state index contributed by atoms with van der Waals surface area (Å²) in [6, 6.07) is 10.1. The van der Waals surface area contributed by atoms with Crippen molar-refractivity contribution in [2.24, 2.45) is 5.92 Å². The molecule has 3 rings (SSSR count). The molecule has 6 nitrogen and oxygen atoms in total. The Morgan fingerprint density at radius 1 is 1.23 bits per heavy atom. The molecule has 1 unspecified atom stereocenters. The van der Waals surface area contributed by atoms with Crippen LogP contribution in [0.5, 0.6) is 0 Å². The summed E-state index contributed by atoms with van der Waals surface area (Å²) in [6.45, 7) is 3.11. The first-order valence-electron chi connectivity index (χ1n) is 9.36. The first kappa shape index (κ1) is 18.4. The zero-order chi connectivity index (χ0) is 18.5. The Bertz CT molecular complexity index is 657. The van der Waals surface area contributed by atoms with Gasteiger partial charge in [0.1, 0.15) is 6.54 Å². The zero-order valence-corrected chi connectivity index (χ0v) is 15.2. The highest BCUT2D eigenvalue weighted by molar-refractivity contribution is 5.91. The van der Waals surface area contributed by atoms with Crippen molar-refractivity contribution in [3.63, 3.8) is 0 Å². The Morgan fingerprint density at radius 3 is 2.62 bits per heavy atom. The van der Waals surface area contributed by atoms with Crippen molar-refractivity contribution in [3.05, 3.63) is 35.9 Å². The van der Waals surface area contributed by atoms with Gasteiger partial charge in [-0.1, -0.05) is 30.3 Å². The quantitative estimate of drug-likeness (QED) is 0.663. The summed E-state index contributed by atoms with van der Waals surface area (Å²) in [5.41, 5.74) is 1.18. The van der Waals surface area contributed by atoms with E-state index in [9.17, 15) is 14.4 Å². The predicted molar refractivity (Wildman–Crippen MR) is 96.2 cm³/mol. The van der Waals surface area contributed by atoms with E-state index in [2.05, 4.69) is 0 Å².